The van der Waals surface area contributed by atoms with Gasteiger partial charge in [0.15, 0.2) is 0 Å². The van der Waals surface area contributed by atoms with E-state index in [1.807, 2.05) is 0 Å². The van der Waals surface area contributed by atoms with Crippen molar-refractivity contribution < 1.29 is 5.11 Å². The summed E-state index contributed by atoms with van der Waals surface area (Å²) in [5.74, 6) is 0.779. The van der Waals surface area contributed by atoms with Crippen LogP contribution in [0.4, 0.5) is 0 Å². The van der Waals surface area contributed by atoms with Crippen molar-refractivity contribution in [2.75, 3.05) is 0 Å². The Kier molecular flexibility index (Phi) is 3.88. The Labute approximate surface area is 105 Å². The second-order valence-corrected chi connectivity index (χ2v) is 5.86. The largest absolute Gasteiger partial charge is 0.390 e. The minimum Gasteiger partial charge on any atom is -0.390 e. The van der Waals surface area contributed by atoms with Gasteiger partial charge in [-0.1, -0.05) is 44.0 Å². The van der Waals surface area contributed by atoms with Gasteiger partial charge in [0.25, 0.3) is 0 Å². The van der Waals surface area contributed by atoms with Crippen molar-refractivity contribution in [1.29, 1.82) is 0 Å². The van der Waals surface area contributed by atoms with Crippen LogP contribution in [0.25, 0.3) is 0 Å². The fourth-order valence-electron chi connectivity index (χ4n) is 2.90. The second kappa shape index (κ2) is 5.22. The van der Waals surface area contributed by atoms with Crippen LogP contribution in [0.1, 0.15) is 50.2 Å². The first-order valence-electron chi connectivity index (χ1n) is 6.86. The lowest BCUT2D eigenvalue weighted by Crippen LogP contribution is -2.31. The number of rotatable bonds is 2. The minimum atomic E-state index is -0.461. The molecule has 0 aliphatic heterocycles. The van der Waals surface area contributed by atoms with Crippen LogP contribution in [0.5, 0.6) is 0 Å². The Bertz CT molecular complexity index is 372. The third-order valence-corrected chi connectivity index (χ3v) is 4.22. The van der Waals surface area contributed by atoms with E-state index in [0.29, 0.717) is 0 Å². The van der Waals surface area contributed by atoms with Crippen LogP contribution < -0.4 is 0 Å². The van der Waals surface area contributed by atoms with Gasteiger partial charge in [-0.05, 0) is 43.2 Å². The fourth-order valence-corrected chi connectivity index (χ4v) is 2.90. The van der Waals surface area contributed by atoms with Gasteiger partial charge >= 0.3 is 0 Å². The van der Waals surface area contributed by atoms with E-state index in [2.05, 4.69) is 38.1 Å². The topological polar surface area (TPSA) is 20.2 Å². The molecule has 0 heterocycles. The second-order valence-electron chi connectivity index (χ2n) is 5.86. The molecule has 0 bridgehead atoms. The monoisotopic (exact) mass is 232 g/mol. The highest BCUT2D eigenvalue weighted by molar-refractivity contribution is 5.27. The summed E-state index contributed by atoms with van der Waals surface area (Å²) < 4.78 is 0. The SMILES string of the molecule is Cc1ccccc1CC1(O)CCCC(C)CC1. The first-order valence-corrected chi connectivity index (χ1v) is 6.86. The van der Waals surface area contributed by atoms with Crippen LogP contribution in [0.15, 0.2) is 24.3 Å². The van der Waals surface area contributed by atoms with Gasteiger partial charge in [0.2, 0.25) is 0 Å². The predicted molar refractivity (Wildman–Crippen MR) is 72.1 cm³/mol. The molecule has 17 heavy (non-hydrogen) atoms. The van der Waals surface area contributed by atoms with Gasteiger partial charge in [0.05, 0.1) is 5.60 Å². The van der Waals surface area contributed by atoms with Gasteiger partial charge < -0.3 is 5.11 Å². The number of hydrogen-bond acceptors (Lipinski definition) is 1. The Balaban J connectivity index is 2.09. The molecular formula is C16H24O. The van der Waals surface area contributed by atoms with Crippen molar-refractivity contribution in [1.82, 2.24) is 0 Å². The number of aliphatic hydroxyl groups is 1. The molecule has 1 aliphatic carbocycles. The van der Waals surface area contributed by atoms with Crippen molar-refractivity contribution >= 4 is 0 Å². The summed E-state index contributed by atoms with van der Waals surface area (Å²) in [5, 5.41) is 10.7. The molecule has 1 aliphatic rings. The van der Waals surface area contributed by atoms with Crippen LogP contribution >= 0.6 is 0 Å². The lowest BCUT2D eigenvalue weighted by atomic mass is 9.86. The molecule has 1 fully saturated rings. The summed E-state index contributed by atoms with van der Waals surface area (Å²) in [5.41, 5.74) is 2.15. The highest BCUT2D eigenvalue weighted by atomic mass is 16.3. The number of hydrogen-bond donors (Lipinski definition) is 1. The van der Waals surface area contributed by atoms with Crippen LogP contribution in [0.3, 0.4) is 0 Å². The third-order valence-electron chi connectivity index (χ3n) is 4.22. The van der Waals surface area contributed by atoms with E-state index < -0.39 is 5.60 Å². The van der Waals surface area contributed by atoms with Gasteiger partial charge in [-0.2, -0.15) is 0 Å². The smallest absolute Gasteiger partial charge is 0.0688 e. The van der Waals surface area contributed by atoms with Crippen LogP contribution in [-0.2, 0) is 6.42 Å². The van der Waals surface area contributed by atoms with E-state index in [1.165, 1.54) is 30.4 Å². The fraction of sp³-hybridized carbons (Fsp3) is 0.625. The van der Waals surface area contributed by atoms with Crippen molar-refractivity contribution in [3.8, 4) is 0 Å². The zero-order chi connectivity index (χ0) is 12.3. The predicted octanol–water partition coefficient (Wildman–Crippen LogP) is 3.87. The molecule has 1 aromatic carbocycles. The molecule has 0 aromatic heterocycles. The molecular weight excluding hydrogens is 208 g/mol. The average Bonchev–Trinajstić information content (AvgIpc) is 2.45. The average molecular weight is 232 g/mol. The molecule has 1 nitrogen and oxygen atoms in total. The molecule has 1 N–H and O–H groups in total. The Morgan fingerprint density at radius 2 is 2.00 bits per heavy atom. The maximum absolute atomic E-state index is 10.7. The summed E-state index contributed by atoms with van der Waals surface area (Å²) >= 11 is 0. The molecule has 2 unspecified atom stereocenters. The summed E-state index contributed by atoms with van der Waals surface area (Å²) in [4.78, 5) is 0. The van der Waals surface area contributed by atoms with Gasteiger partial charge in [0, 0.05) is 6.42 Å². The van der Waals surface area contributed by atoms with E-state index in [0.717, 1.165) is 25.2 Å². The van der Waals surface area contributed by atoms with Crippen molar-refractivity contribution in [2.24, 2.45) is 5.92 Å². The molecule has 94 valence electrons. The van der Waals surface area contributed by atoms with E-state index in [9.17, 15) is 5.11 Å². The van der Waals surface area contributed by atoms with E-state index in [-0.39, 0.29) is 0 Å². The Hall–Kier alpha value is -0.820. The van der Waals surface area contributed by atoms with Crippen molar-refractivity contribution in [2.45, 2.75) is 58.0 Å². The van der Waals surface area contributed by atoms with Gasteiger partial charge in [0.1, 0.15) is 0 Å². The molecule has 2 atom stereocenters. The standard InChI is InChI=1S/C16H24O/c1-13-6-5-10-16(17,11-9-13)12-15-8-4-3-7-14(15)2/h3-4,7-8,13,17H,5-6,9-12H2,1-2H3. The van der Waals surface area contributed by atoms with Crippen LogP contribution in [0, 0.1) is 12.8 Å². The van der Waals surface area contributed by atoms with Gasteiger partial charge in [-0.25, -0.2) is 0 Å². The van der Waals surface area contributed by atoms with Crippen LogP contribution in [0.2, 0.25) is 0 Å². The molecule has 1 aromatic rings. The quantitative estimate of drug-likeness (QED) is 0.767. The van der Waals surface area contributed by atoms with E-state index in [1.54, 1.807) is 0 Å². The van der Waals surface area contributed by atoms with E-state index in [4.69, 9.17) is 0 Å². The molecule has 0 amide bonds. The highest BCUT2D eigenvalue weighted by Crippen LogP contribution is 2.33. The molecule has 0 radical (unpaired) electrons. The zero-order valence-electron chi connectivity index (χ0n) is 11.1. The first-order chi connectivity index (χ1) is 8.09. The maximum atomic E-state index is 10.7. The van der Waals surface area contributed by atoms with Gasteiger partial charge in [-0.3, -0.25) is 0 Å². The Morgan fingerprint density at radius 3 is 2.76 bits per heavy atom. The first kappa shape index (κ1) is 12.6. The highest BCUT2D eigenvalue weighted by Gasteiger charge is 2.30. The lowest BCUT2D eigenvalue weighted by molar-refractivity contribution is 0.0242. The van der Waals surface area contributed by atoms with Crippen molar-refractivity contribution in [3.63, 3.8) is 0 Å². The molecule has 0 spiro atoms. The maximum Gasteiger partial charge on any atom is 0.0688 e. The summed E-state index contributed by atoms with van der Waals surface area (Å²) in [7, 11) is 0. The van der Waals surface area contributed by atoms with Crippen LogP contribution in [-0.4, -0.2) is 10.7 Å². The van der Waals surface area contributed by atoms with Crippen molar-refractivity contribution in [3.05, 3.63) is 35.4 Å². The van der Waals surface area contributed by atoms with Gasteiger partial charge in [-0.15, -0.1) is 0 Å². The Morgan fingerprint density at radius 1 is 1.24 bits per heavy atom. The molecule has 2 rings (SSSR count). The third kappa shape index (κ3) is 3.32. The number of aryl methyl sites for hydroxylation is 1. The summed E-state index contributed by atoms with van der Waals surface area (Å²) in [6.07, 6.45) is 6.36. The molecule has 0 saturated heterocycles. The van der Waals surface area contributed by atoms with E-state index >= 15 is 0 Å². The minimum absolute atomic E-state index is 0.461. The molecule has 1 saturated carbocycles. The number of benzene rings is 1. The molecule has 1 heteroatoms. The summed E-state index contributed by atoms with van der Waals surface area (Å²) in [6, 6.07) is 8.43. The summed E-state index contributed by atoms with van der Waals surface area (Å²) in [6.45, 7) is 4.44. The zero-order valence-corrected chi connectivity index (χ0v) is 11.1. The normalized spacial score (nSPS) is 29.9. The lowest BCUT2D eigenvalue weighted by Gasteiger charge is -2.27.